The Balaban J connectivity index is 1.47. The molecular formula is C18H23N3O2. The van der Waals surface area contributed by atoms with Crippen molar-refractivity contribution in [1.29, 1.82) is 0 Å². The molecule has 122 valence electrons. The number of carbonyl (C=O) groups excluding carboxylic acids is 2. The lowest BCUT2D eigenvalue weighted by Crippen LogP contribution is -2.49. The van der Waals surface area contributed by atoms with Gasteiger partial charge in [0.1, 0.15) is 0 Å². The van der Waals surface area contributed by atoms with E-state index in [2.05, 4.69) is 10.6 Å². The highest BCUT2D eigenvalue weighted by molar-refractivity contribution is 5.94. The molecule has 4 saturated carbocycles. The lowest BCUT2D eigenvalue weighted by atomic mass is 9.51. The fourth-order valence-electron chi connectivity index (χ4n) is 5.40. The van der Waals surface area contributed by atoms with Gasteiger partial charge in [-0.15, -0.1) is 0 Å². The van der Waals surface area contributed by atoms with Gasteiger partial charge in [-0.3, -0.25) is 4.79 Å². The van der Waals surface area contributed by atoms with Crippen LogP contribution in [0.4, 0.5) is 16.2 Å². The number of anilines is 2. The fraction of sp³-hybridized carbons (Fsp3) is 0.556. The Morgan fingerprint density at radius 3 is 2.04 bits per heavy atom. The summed E-state index contributed by atoms with van der Waals surface area (Å²) in [5.74, 6) is 3.18. The number of urea groups is 1. The zero-order valence-corrected chi connectivity index (χ0v) is 13.1. The summed E-state index contributed by atoms with van der Waals surface area (Å²) in [4.78, 5) is 23.8. The molecule has 1 aromatic carbocycles. The average molecular weight is 313 g/mol. The highest BCUT2D eigenvalue weighted by Crippen LogP contribution is 2.56. The van der Waals surface area contributed by atoms with Crippen LogP contribution in [0.3, 0.4) is 0 Å². The first-order chi connectivity index (χ1) is 11.1. The number of primary amides is 1. The molecule has 0 heterocycles. The second kappa shape index (κ2) is 5.55. The lowest BCUT2D eigenvalue weighted by molar-refractivity contribution is -0.132. The Labute approximate surface area is 136 Å². The van der Waals surface area contributed by atoms with Crippen molar-refractivity contribution in [1.82, 2.24) is 0 Å². The van der Waals surface area contributed by atoms with E-state index >= 15 is 0 Å². The second-order valence-electron chi connectivity index (χ2n) is 7.52. The summed E-state index contributed by atoms with van der Waals surface area (Å²) in [6, 6.07) is 6.55. The molecule has 5 rings (SSSR count). The maximum absolute atomic E-state index is 12.8. The van der Waals surface area contributed by atoms with Crippen molar-refractivity contribution in [2.24, 2.45) is 35.3 Å². The topological polar surface area (TPSA) is 84.2 Å². The largest absolute Gasteiger partial charge is 0.351 e. The number of hydrogen-bond acceptors (Lipinski definition) is 2. The van der Waals surface area contributed by atoms with E-state index in [1.807, 2.05) is 6.07 Å². The molecule has 0 radical (unpaired) electrons. The Morgan fingerprint density at radius 1 is 0.913 bits per heavy atom. The van der Waals surface area contributed by atoms with E-state index in [1.54, 1.807) is 18.2 Å². The molecule has 1 aromatic rings. The number of nitrogens with one attached hydrogen (secondary N) is 2. The van der Waals surface area contributed by atoms with Crippen LogP contribution in [0.5, 0.6) is 0 Å². The van der Waals surface area contributed by atoms with E-state index in [4.69, 9.17) is 5.73 Å². The minimum absolute atomic E-state index is 0.148. The van der Waals surface area contributed by atoms with Crippen LogP contribution in [0, 0.1) is 29.6 Å². The predicted molar refractivity (Wildman–Crippen MR) is 88.8 cm³/mol. The van der Waals surface area contributed by atoms with Gasteiger partial charge in [-0.25, -0.2) is 4.79 Å². The molecule has 0 spiro atoms. The maximum Gasteiger partial charge on any atom is 0.316 e. The molecule has 5 heteroatoms. The normalized spacial score (nSPS) is 34.2. The summed E-state index contributed by atoms with van der Waals surface area (Å²) in [5.41, 5.74) is 6.45. The molecule has 23 heavy (non-hydrogen) atoms. The van der Waals surface area contributed by atoms with Crippen molar-refractivity contribution >= 4 is 23.3 Å². The summed E-state index contributed by atoms with van der Waals surface area (Å²) in [6.07, 6.45) is 6.31. The van der Waals surface area contributed by atoms with Crippen molar-refractivity contribution in [2.75, 3.05) is 10.6 Å². The van der Waals surface area contributed by atoms with Gasteiger partial charge in [0.2, 0.25) is 5.91 Å². The summed E-state index contributed by atoms with van der Waals surface area (Å²) >= 11 is 0. The minimum atomic E-state index is -0.602. The SMILES string of the molecule is NC(=O)Nc1cccc(NC(=O)C2C3CC4CC(C3)CC2C4)c1. The molecule has 4 aliphatic carbocycles. The molecule has 0 aliphatic heterocycles. The van der Waals surface area contributed by atoms with Gasteiger partial charge < -0.3 is 16.4 Å². The van der Waals surface area contributed by atoms with Crippen molar-refractivity contribution in [3.05, 3.63) is 24.3 Å². The molecule has 0 atom stereocenters. The quantitative estimate of drug-likeness (QED) is 0.800. The first-order valence-corrected chi connectivity index (χ1v) is 8.56. The number of nitrogens with two attached hydrogens (primary N) is 1. The Morgan fingerprint density at radius 2 is 1.48 bits per heavy atom. The van der Waals surface area contributed by atoms with Crippen LogP contribution >= 0.6 is 0 Å². The van der Waals surface area contributed by atoms with Gasteiger partial charge in [0.05, 0.1) is 0 Å². The van der Waals surface area contributed by atoms with Gasteiger partial charge in [0.15, 0.2) is 0 Å². The standard InChI is InChI=1S/C18H23N3O2/c19-18(23)21-15-3-1-2-14(9-15)20-17(22)16-12-5-10-4-11(7-12)8-13(16)6-10/h1-3,9-13,16H,4-8H2,(H,20,22)(H3,19,21,23). The molecule has 5 nitrogen and oxygen atoms in total. The number of carbonyl (C=O) groups is 2. The molecule has 4 bridgehead atoms. The summed E-state index contributed by atoms with van der Waals surface area (Å²) in [6.45, 7) is 0. The van der Waals surface area contributed by atoms with E-state index in [1.165, 1.54) is 32.1 Å². The Bertz CT molecular complexity index is 615. The van der Waals surface area contributed by atoms with Crippen molar-refractivity contribution in [3.8, 4) is 0 Å². The fourth-order valence-corrected chi connectivity index (χ4v) is 5.40. The first kappa shape index (κ1) is 14.5. The van der Waals surface area contributed by atoms with Crippen molar-refractivity contribution in [3.63, 3.8) is 0 Å². The van der Waals surface area contributed by atoms with E-state index in [-0.39, 0.29) is 11.8 Å². The van der Waals surface area contributed by atoms with Crippen molar-refractivity contribution < 1.29 is 9.59 Å². The minimum Gasteiger partial charge on any atom is -0.351 e. The second-order valence-corrected chi connectivity index (χ2v) is 7.52. The third kappa shape index (κ3) is 2.80. The van der Waals surface area contributed by atoms with Gasteiger partial charge in [-0.2, -0.15) is 0 Å². The van der Waals surface area contributed by atoms with Gasteiger partial charge in [0, 0.05) is 17.3 Å². The zero-order valence-electron chi connectivity index (χ0n) is 13.1. The van der Waals surface area contributed by atoms with Crippen LogP contribution in [0.2, 0.25) is 0 Å². The monoisotopic (exact) mass is 313 g/mol. The van der Waals surface area contributed by atoms with Crippen LogP contribution < -0.4 is 16.4 Å². The summed E-state index contributed by atoms with van der Waals surface area (Å²) in [5, 5.41) is 5.59. The van der Waals surface area contributed by atoms with Gasteiger partial charge >= 0.3 is 6.03 Å². The van der Waals surface area contributed by atoms with Crippen LogP contribution in [-0.2, 0) is 4.79 Å². The number of rotatable bonds is 3. The molecular weight excluding hydrogens is 290 g/mol. The third-order valence-electron chi connectivity index (χ3n) is 5.93. The smallest absolute Gasteiger partial charge is 0.316 e. The van der Waals surface area contributed by atoms with Crippen molar-refractivity contribution in [2.45, 2.75) is 32.1 Å². The maximum atomic E-state index is 12.8. The molecule has 4 N–H and O–H groups in total. The summed E-state index contributed by atoms with van der Waals surface area (Å²) < 4.78 is 0. The van der Waals surface area contributed by atoms with Gasteiger partial charge in [-0.05, 0) is 74.0 Å². The van der Waals surface area contributed by atoms with E-state index in [9.17, 15) is 9.59 Å². The highest BCUT2D eigenvalue weighted by atomic mass is 16.2. The van der Waals surface area contributed by atoms with E-state index in [0.717, 1.165) is 17.5 Å². The predicted octanol–water partition coefficient (Wildman–Crippen LogP) is 3.19. The van der Waals surface area contributed by atoms with Gasteiger partial charge in [-0.1, -0.05) is 6.07 Å². The van der Waals surface area contributed by atoms with Crippen LogP contribution in [0.15, 0.2) is 24.3 Å². The number of amides is 3. The molecule has 4 fully saturated rings. The van der Waals surface area contributed by atoms with Crippen LogP contribution in [0.25, 0.3) is 0 Å². The Hall–Kier alpha value is -2.04. The average Bonchev–Trinajstić information content (AvgIpc) is 2.45. The van der Waals surface area contributed by atoms with Gasteiger partial charge in [0.25, 0.3) is 0 Å². The molecule has 3 amide bonds. The molecule has 0 aromatic heterocycles. The van der Waals surface area contributed by atoms with E-state index in [0.29, 0.717) is 17.5 Å². The van der Waals surface area contributed by atoms with Crippen LogP contribution in [-0.4, -0.2) is 11.9 Å². The van der Waals surface area contributed by atoms with E-state index < -0.39 is 6.03 Å². The molecule has 0 unspecified atom stereocenters. The first-order valence-electron chi connectivity index (χ1n) is 8.56. The number of hydrogen-bond donors (Lipinski definition) is 3. The zero-order chi connectivity index (χ0) is 16.0. The lowest BCUT2D eigenvalue weighted by Gasteiger charge is -2.53. The molecule has 0 saturated heterocycles. The third-order valence-corrected chi connectivity index (χ3v) is 5.93. The number of benzene rings is 1. The summed E-state index contributed by atoms with van der Waals surface area (Å²) in [7, 11) is 0. The highest BCUT2D eigenvalue weighted by Gasteiger charge is 2.50. The van der Waals surface area contributed by atoms with Crippen LogP contribution in [0.1, 0.15) is 32.1 Å². The Kier molecular flexibility index (Phi) is 3.51. The molecule has 4 aliphatic rings.